The van der Waals surface area contributed by atoms with Crippen LogP contribution in [0.25, 0.3) is 6.08 Å². The van der Waals surface area contributed by atoms with Crippen LogP contribution in [-0.2, 0) is 6.42 Å². The van der Waals surface area contributed by atoms with Crippen LogP contribution in [0.15, 0.2) is 18.2 Å². The predicted octanol–water partition coefficient (Wildman–Crippen LogP) is 6.96. The summed E-state index contributed by atoms with van der Waals surface area (Å²) in [6, 6.07) is 5.15. The summed E-state index contributed by atoms with van der Waals surface area (Å²) in [6.45, 7) is 24.2. The van der Waals surface area contributed by atoms with Crippen LogP contribution in [0.1, 0.15) is 64.5 Å². The molecule has 0 aliphatic heterocycles. The summed E-state index contributed by atoms with van der Waals surface area (Å²) in [4.78, 5) is 0. The Morgan fingerprint density at radius 3 is 1.69 bits per heavy atom. The molecule has 0 nitrogen and oxygen atoms in total. The molecule has 148 valence electrons. The fourth-order valence-corrected chi connectivity index (χ4v) is 6.78. The van der Waals surface area contributed by atoms with Crippen molar-refractivity contribution in [1.29, 1.82) is 0 Å². The maximum absolute atomic E-state index is 2.57. The van der Waals surface area contributed by atoms with Crippen LogP contribution < -0.4 is 10.4 Å². The van der Waals surface area contributed by atoms with E-state index in [-0.39, 0.29) is 5.41 Å². The summed E-state index contributed by atoms with van der Waals surface area (Å²) in [5, 5.41) is 3.34. The molecular weight excluding hydrogens is 344 g/mol. The first-order valence-corrected chi connectivity index (χ1v) is 17.6. The molecule has 0 radical (unpaired) electrons. The molecule has 0 fully saturated rings. The van der Waals surface area contributed by atoms with Gasteiger partial charge in [-0.1, -0.05) is 121 Å². The molecule has 0 aliphatic carbocycles. The van der Waals surface area contributed by atoms with Crippen molar-refractivity contribution in [3.05, 3.63) is 29.3 Å². The summed E-state index contributed by atoms with van der Waals surface area (Å²) < 4.78 is 0. The Morgan fingerprint density at radius 1 is 0.808 bits per heavy atom. The molecule has 2 heteroatoms. The Bertz CT molecular complexity index is 570. The first-order valence-electron chi connectivity index (χ1n) is 10.6. The monoisotopic (exact) mass is 388 g/mol. The predicted molar refractivity (Wildman–Crippen MR) is 129 cm³/mol. The van der Waals surface area contributed by atoms with Crippen LogP contribution >= 0.6 is 0 Å². The number of aryl methyl sites for hydroxylation is 1. The first-order chi connectivity index (χ1) is 11.8. The van der Waals surface area contributed by atoms with E-state index in [1.165, 1.54) is 32.1 Å². The average Bonchev–Trinajstić information content (AvgIpc) is 2.46. The van der Waals surface area contributed by atoms with Crippen LogP contribution in [0.4, 0.5) is 0 Å². The van der Waals surface area contributed by atoms with Gasteiger partial charge in [0.1, 0.15) is 0 Å². The largest absolute Gasteiger partial charge is 0.0786 e. The molecule has 0 saturated carbocycles. The Balaban J connectivity index is 3.47. The van der Waals surface area contributed by atoms with Crippen LogP contribution in [0.2, 0.25) is 39.3 Å². The molecule has 0 aromatic heterocycles. The molecule has 0 heterocycles. The molecule has 0 aliphatic rings. The van der Waals surface area contributed by atoms with Gasteiger partial charge in [0.15, 0.2) is 0 Å². The first kappa shape index (κ1) is 23.4. The molecule has 0 saturated heterocycles. The van der Waals surface area contributed by atoms with Crippen LogP contribution in [0.3, 0.4) is 0 Å². The van der Waals surface area contributed by atoms with E-state index in [1.54, 1.807) is 21.5 Å². The molecule has 0 atom stereocenters. The highest BCUT2D eigenvalue weighted by Crippen LogP contribution is 2.20. The lowest BCUT2D eigenvalue weighted by molar-refractivity contribution is 0.547. The number of hydrogen-bond acceptors (Lipinski definition) is 0. The second kappa shape index (κ2) is 9.06. The molecule has 1 aromatic carbocycles. The zero-order valence-electron chi connectivity index (χ0n) is 19.3. The Kier molecular flexibility index (Phi) is 8.16. The van der Waals surface area contributed by atoms with E-state index in [4.69, 9.17) is 0 Å². The van der Waals surface area contributed by atoms with Gasteiger partial charge in [-0.2, -0.15) is 0 Å². The van der Waals surface area contributed by atoms with Crippen molar-refractivity contribution in [2.75, 3.05) is 0 Å². The topological polar surface area (TPSA) is 0 Å². The Morgan fingerprint density at radius 2 is 1.31 bits per heavy atom. The fraction of sp³-hybridized carbons (Fsp3) is 0.667. The highest BCUT2D eigenvalue weighted by Gasteiger charge is 2.27. The van der Waals surface area contributed by atoms with Crippen molar-refractivity contribution in [3.8, 4) is 0 Å². The van der Waals surface area contributed by atoms with E-state index in [9.17, 15) is 0 Å². The highest BCUT2D eigenvalue weighted by molar-refractivity contribution is 6.92. The van der Waals surface area contributed by atoms with Gasteiger partial charge in [0.05, 0.1) is 16.1 Å². The molecule has 0 N–H and O–H groups in total. The molecule has 0 amide bonds. The van der Waals surface area contributed by atoms with Gasteiger partial charge < -0.3 is 0 Å². The van der Waals surface area contributed by atoms with Gasteiger partial charge in [-0.15, -0.1) is 0 Å². The van der Waals surface area contributed by atoms with Crippen LogP contribution in [-0.4, -0.2) is 16.1 Å². The van der Waals surface area contributed by atoms with E-state index < -0.39 is 16.1 Å². The van der Waals surface area contributed by atoms with E-state index in [2.05, 4.69) is 91.3 Å². The molecule has 0 spiro atoms. The van der Waals surface area contributed by atoms with Crippen molar-refractivity contribution in [1.82, 2.24) is 0 Å². The van der Waals surface area contributed by atoms with Crippen molar-refractivity contribution in [2.45, 2.75) is 99.1 Å². The summed E-state index contributed by atoms with van der Waals surface area (Å²) in [7, 11) is -2.80. The van der Waals surface area contributed by atoms with E-state index >= 15 is 0 Å². The number of allylic oxidation sites excluding steroid dienone is 1. The minimum absolute atomic E-state index is 0.228. The number of hydrogen-bond donors (Lipinski definition) is 0. The number of unbranched alkanes of at least 4 members (excludes halogenated alkanes) is 3. The minimum Gasteiger partial charge on any atom is -0.0786 e. The lowest BCUT2D eigenvalue weighted by Gasteiger charge is -2.29. The van der Waals surface area contributed by atoms with Gasteiger partial charge in [-0.3, -0.25) is 0 Å². The fourth-order valence-electron chi connectivity index (χ4n) is 3.37. The Labute approximate surface area is 166 Å². The van der Waals surface area contributed by atoms with Gasteiger partial charge in [0, 0.05) is 0 Å². The SMILES string of the molecule is CCCCCCc1cc([Si](C)(C)C)c(/C=C/C(C)(C)C)c([Si](C)(C)C)c1. The summed E-state index contributed by atoms with van der Waals surface area (Å²) in [5.41, 5.74) is 3.38. The molecule has 0 unspecified atom stereocenters. The standard InChI is InChI=1S/C24H44Si2/c1-11-12-13-14-15-20-18-22(25(5,6)7)21(16-17-24(2,3)4)23(19-20)26(8,9)10/h16-19H,11-15H2,1-10H3/b17-16+. The maximum Gasteiger partial charge on any atom is 0.0783 e. The maximum atomic E-state index is 2.57. The van der Waals surface area contributed by atoms with Gasteiger partial charge in [0.25, 0.3) is 0 Å². The normalized spacial score (nSPS) is 13.6. The average molecular weight is 389 g/mol. The number of benzene rings is 1. The molecule has 1 aromatic rings. The molecule has 1 rings (SSSR count). The third kappa shape index (κ3) is 7.56. The smallest absolute Gasteiger partial charge is 0.0783 e. The van der Waals surface area contributed by atoms with Gasteiger partial charge in [0.2, 0.25) is 0 Å². The van der Waals surface area contributed by atoms with E-state index in [1.807, 2.05) is 0 Å². The van der Waals surface area contributed by atoms with Crippen molar-refractivity contribution >= 4 is 32.6 Å². The highest BCUT2D eigenvalue weighted by atomic mass is 28.3. The third-order valence-corrected chi connectivity index (χ3v) is 8.98. The molecular formula is C24H44Si2. The zero-order chi connectivity index (χ0) is 20.2. The lowest BCUT2D eigenvalue weighted by atomic mass is 9.95. The Hall–Kier alpha value is -0.606. The second-order valence-electron chi connectivity index (χ2n) is 11.1. The number of rotatable bonds is 8. The zero-order valence-corrected chi connectivity index (χ0v) is 21.3. The summed E-state index contributed by atoms with van der Waals surface area (Å²) >= 11 is 0. The quantitative estimate of drug-likeness (QED) is 0.333. The van der Waals surface area contributed by atoms with Gasteiger partial charge in [-0.25, -0.2) is 0 Å². The van der Waals surface area contributed by atoms with Crippen LogP contribution in [0, 0.1) is 5.41 Å². The van der Waals surface area contributed by atoms with E-state index in [0.717, 1.165) is 0 Å². The van der Waals surface area contributed by atoms with Gasteiger partial charge in [-0.05, 0) is 29.4 Å². The summed E-state index contributed by atoms with van der Waals surface area (Å²) in [5.74, 6) is 0. The third-order valence-electron chi connectivity index (χ3n) is 4.92. The van der Waals surface area contributed by atoms with Crippen molar-refractivity contribution in [2.24, 2.45) is 5.41 Å². The summed E-state index contributed by atoms with van der Waals surface area (Å²) in [6.07, 6.45) is 11.5. The van der Waals surface area contributed by atoms with Crippen molar-refractivity contribution < 1.29 is 0 Å². The van der Waals surface area contributed by atoms with Gasteiger partial charge >= 0.3 is 0 Å². The van der Waals surface area contributed by atoms with Crippen molar-refractivity contribution in [3.63, 3.8) is 0 Å². The lowest BCUT2D eigenvalue weighted by Crippen LogP contribution is -2.48. The van der Waals surface area contributed by atoms with Crippen LogP contribution in [0.5, 0.6) is 0 Å². The molecule has 26 heavy (non-hydrogen) atoms. The molecule has 0 bridgehead atoms. The minimum atomic E-state index is -1.40. The van der Waals surface area contributed by atoms with E-state index in [0.29, 0.717) is 0 Å². The second-order valence-corrected chi connectivity index (χ2v) is 21.2.